The summed E-state index contributed by atoms with van der Waals surface area (Å²) in [5.74, 6) is 1.81. The molecule has 0 saturated carbocycles. The average molecular weight is 954 g/mol. The summed E-state index contributed by atoms with van der Waals surface area (Å²) in [4.78, 5) is 16.0. The first-order chi connectivity index (χ1) is 37.2. The van der Waals surface area contributed by atoms with Gasteiger partial charge in [0.05, 0.1) is 27.5 Å². The molecule has 2 aliphatic rings. The highest BCUT2D eigenvalue weighted by molar-refractivity contribution is 6.13. The number of aromatic nitrogens is 5. The van der Waals surface area contributed by atoms with Crippen LogP contribution < -0.4 is 0 Å². The summed E-state index contributed by atoms with van der Waals surface area (Å²) in [6.45, 7) is 0. The third kappa shape index (κ3) is 6.04. The Morgan fingerprint density at radius 2 is 0.627 bits per heavy atom. The molecule has 0 atom stereocenters. The minimum Gasteiger partial charge on any atom is -0.309 e. The quantitative estimate of drug-likeness (QED) is 0.167. The predicted molar refractivity (Wildman–Crippen MR) is 307 cm³/mol. The first-order valence-electron chi connectivity index (χ1n) is 25.7. The van der Waals surface area contributed by atoms with Gasteiger partial charge in [0, 0.05) is 49.6 Å². The van der Waals surface area contributed by atoms with Crippen molar-refractivity contribution in [3.05, 3.63) is 283 Å². The van der Waals surface area contributed by atoms with Crippen molar-refractivity contribution < 1.29 is 0 Å². The number of hydrogen-bond donors (Lipinski definition) is 0. The second kappa shape index (κ2) is 16.0. The molecular weight excluding hydrogens is 911 g/mol. The number of nitrogens with zero attached hydrogens (tertiary/aromatic N) is 5. The zero-order valence-electron chi connectivity index (χ0n) is 40.6. The van der Waals surface area contributed by atoms with Crippen molar-refractivity contribution >= 4 is 43.6 Å². The van der Waals surface area contributed by atoms with E-state index in [1.165, 1.54) is 66.1 Å². The highest BCUT2D eigenvalue weighted by Gasteiger charge is 2.51. The largest absolute Gasteiger partial charge is 0.309 e. The number of fused-ring (bicyclic) bond motifs is 16. The fraction of sp³-hybridized carbons (Fsp3) is 0.0143. The van der Waals surface area contributed by atoms with Crippen molar-refractivity contribution in [1.29, 1.82) is 0 Å². The zero-order valence-corrected chi connectivity index (χ0v) is 40.6. The number of rotatable bonds is 6. The second-order valence-electron chi connectivity index (χ2n) is 19.9. The summed E-state index contributed by atoms with van der Waals surface area (Å²) >= 11 is 0. The van der Waals surface area contributed by atoms with Gasteiger partial charge in [0.2, 0.25) is 0 Å². The van der Waals surface area contributed by atoms with E-state index in [2.05, 4.69) is 264 Å². The van der Waals surface area contributed by atoms with E-state index in [0.29, 0.717) is 17.5 Å². The average Bonchev–Trinajstić information content (AvgIpc) is 4.38. The zero-order chi connectivity index (χ0) is 49.2. The van der Waals surface area contributed by atoms with Crippen LogP contribution in [-0.4, -0.2) is 24.1 Å². The van der Waals surface area contributed by atoms with Crippen LogP contribution in [0, 0.1) is 0 Å². The van der Waals surface area contributed by atoms with Crippen LogP contribution in [0.4, 0.5) is 0 Å². The normalized spacial score (nSPS) is 12.9. The van der Waals surface area contributed by atoms with E-state index in [4.69, 9.17) is 15.0 Å². The molecule has 0 unspecified atom stereocenters. The van der Waals surface area contributed by atoms with E-state index in [9.17, 15) is 0 Å². The minimum absolute atomic E-state index is 0.466. The molecule has 3 aromatic heterocycles. The Morgan fingerprint density at radius 1 is 0.240 bits per heavy atom. The van der Waals surface area contributed by atoms with Gasteiger partial charge in [0.1, 0.15) is 0 Å². The van der Waals surface area contributed by atoms with Crippen LogP contribution in [0.3, 0.4) is 0 Å². The summed E-state index contributed by atoms with van der Waals surface area (Å²) in [6.07, 6.45) is 0. The fourth-order valence-electron chi connectivity index (χ4n) is 12.8. The van der Waals surface area contributed by atoms with Gasteiger partial charge >= 0.3 is 0 Å². The lowest BCUT2D eigenvalue weighted by Crippen LogP contribution is -2.25. The monoisotopic (exact) mass is 953 g/mol. The first kappa shape index (κ1) is 41.6. The maximum Gasteiger partial charge on any atom is 0.164 e. The van der Waals surface area contributed by atoms with Gasteiger partial charge < -0.3 is 9.13 Å². The molecule has 348 valence electrons. The van der Waals surface area contributed by atoms with Gasteiger partial charge in [-0.05, 0) is 110 Å². The maximum absolute atomic E-state index is 5.38. The predicted octanol–water partition coefficient (Wildman–Crippen LogP) is 17.1. The summed E-state index contributed by atoms with van der Waals surface area (Å²) < 4.78 is 4.78. The topological polar surface area (TPSA) is 48.5 Å². The third-order valence-corrected chi connectivity index (χ3v) is 16.0. The summed E-state index contributed by atoms with van der Waals surface area (Å²) in [5.41, 5.74) is 21.7. The van der Waals surface area contributed by atoms with E-state index in [1.54, 1.807) is 0 Å². The van der Waals surface area contributed by atoms with Gasteiger partial charge in [-0.2, -0.15) is 0 Å². The smallest absolute Gasteiger partial charge is 0.164 e. The van der Waals surface area contributed by atoms with Gasteiger partial charge in [-0.25, -0.2) is 15.0 Å². The molecule has 75 heavy (non-hydrogen) atoms. The van der Waals surface area contributed by atoms with Crippen molar-refractivity contribution in [2.24, 2.45) is 0 Å². The Bertz CT molecular complexity index is 4560. The van der Waals surface area contributed by atoms with Gasteiger partial charge in [0.25, 0.3) is 0 Å². The Morgan fingerprint density at radius 3 is 1.16 bits per heavy atom. The molecule has 0 saturated heterocycles. The molecule has 0 radical (unpaired) electrons. The lowest BCUT2D eigenvalue weighted by atomic mass is 9.70. The van der Waals surface area contributed by atoms with E-state index in [-0.39, 0.29) is 0 Å². The molecule has 2 aliphatic carbocycles. The Hall–Kier alpha value is -9.97. The number of hydrogen-bond acceptors (Lipinski definition) is 3. The Labute approximate surface area is 433 Å². The van der Waals surface area contributed by atoms with Crippen LogP contribution in [-0.2, 0) is 5.41 Å². The molecular formula is C70H43N5. The van der Waals surface area contributed by atoms with Crippen LogP contribution >= 0.6 is 0 Å². The minimum atomic E-state index is -0.466. The highest BCUT2D eigenvalue weighted by atomic mass is 15.0. The summed E-state index contributed by atoms with van der Waals surface area (Å²) in [7, 11) is 0. The molecule has 0 amide bonds. The molecule has 16 rings (SSSR count). The van der Waals surface area contributed by atoms with Gasteiger partial charge in [0.15, 0.2) is 17.5 Å². The van der Waals surface area contributed by atoms with E-state index in [0.717, 1.165) is 61.3 Å². The summed E-state index contributed by atoms with van der Waals surface area (Å²) in [5, 5.41) is 4.85. The van der Waals surface area contributed by atoms with Crippen LogP contribution in [0.25, 0.3) is 123 Å². The fourth-order valence-corrected chi connectivity index (χ4v) is 12.8. The molecule has 14 aromatic rings. The third-order valence-electron chi connectivity index (χ3n) is 16.0. The Balaban J connectivity index is 0.891. The molecule has 0 bridgehead atoms. The van der Waals surface area contributed by atoms with Gasteiger partial charge in [-0.15, -0.1) is 0 Å². The van der Waals surface area contributed by atoms with Crippen molar-refractivity contribution in [2.45, 2.75) is 5.41 Å². The summed E-state index contributed by atoms with van der Waals surface area (Å²) in [6, 6.07) is 94.5. The SMILES string of the molecule is c1ccc(-c2ccc(-c3nc(-c4cccc(-n5c6ccccc6c6ccccc65)c4)nc(-c4cccc(-n5c6ccccc6c6cc7c(cc65)C5(c6ccccc6-c6ccccc65)c5ccccc5-7)c4)n3)cc2)cc1. The molecule has 3 heterocycles. The van der Waals surface area contributed by atoms with Crippen molar-refractivity contribution in [2.75, 3.05) is 0 Å². The Kier molecular flexibility index (Phi) is 8.89. The molecule has 5 heteroatoms. The highest BCUT2D eigenvalue weighted by Crippen LogP contribution is 2.63. The lowest BCUT2D eigenvalue weighted by molar-refractivity contribution is 0.794. The van der Waals surface area contributed by atoms with Crippen LogP contribution in [0.1, 0.15) is 22.3 Å². The second-order valence-corrected chi connectivity index (χ2v) is 19.9. The molecule has 1 spiro atoms. The van der Waals surface area contributed by atoms with Crippen LogP contribution in [0.5, 0.6) is 0 Å². The van der Waals surface area contributed by atoms with Crippen LogP contribution in [0.15, 0.2) is 261 Å². The van der Waals surface area contributed by atoms with Crippen LogP contribution in [0.2, 0.25) is 0 Å². The van der Waals surface area contributed by atoms with E-state index in [1.807, 2.05) is 6.07 Å². The lowest BCUT2D eigenvalue weighted by Gasteiger charge is -2.30. The number of para-hydroxylation sites is 3. The number of benzene rings is 11. The van der Waals surface area contributed by atoms with Gasteiger partial charge in [-0.1, -0.05) is 206 Å². The van der Waals surface area contributed by atoms with Gasteiger partial charge in [-0.3, -0.25) is 0 Å². The molecule has 0 N–H and O–H groups in total. The van der Waals surface area contributed by atoms with E-state index >= 15 is 0 Å². The maximum atomic E-state index is 5.38. The van der Waals surface area contributed by atoms with Crippen molar-refractivity contribution in [3.8, 4) is 78.9 Å². The van der Waals surface area contributed by atoms with Crippen molar-refractivity contribution in [1.82, 2.24) is 24.1 Å². The first-order valence-corrected chi connectivity index (χ1v) is 25.7. The van der Waals surface area contributed by atoms with E-state index < -0.39 is 5.41 Å². The molecule has 5 nitrogen and oxygen atoms in total. The standard InChI is InChI=1S/C70H43N5/c1-2-18-44(19-3-1)45-36-38-46(39-37-45)67-71-68(47-20-16-22-49(40-47)74-63-33-13-7-27-54(63)55-28-8-14-34-64(55)74)73-69(72-67)48-21-17-23-50(41-48)75-65-35-15-9-29-56(65)58-42-57-53-26-6-12-32-61(53)70(62(57)43-66(58)75)59-30-10-4-24-51(59)52-25-5-11-31-60(52)70/h1-43H. The van der Waals surface area contributed by atoms with Crippen molar-refractivity contribution in [3.63, 3.8) is 0 Å². The molecule has 0 fully saturated rings. The molecule has 11 aromatic carbocycles. The molecule has 0 aliphatic heterocycles.